The SMILES string of the molecule is COc1cc2c(CCN(C)C(C)C)c[nH]c2cc1C. The Morgan fingerprint density at radius 3 is 2.68 bits per heavy atom. The number of aromatic nitrogens is 1. The number of nitrogens with zero attached hydrogens (tertiary/aromatic N) is 1. The monoisotopic (exact) mass is 260 g/mol. The van der Waals surface area contributed by atoms with Crippen LogP contribution in [0.1, 0.15) is 25.0 Å². The van der Waals surface area contributed by atoms with Crippen LogP contribution in [0.5, 0.6) is 5.75 Å². The summed E-state index contributed by atoms with van der Waals surface area (Å²) in [5.41, 5.74) is 3.73. The van der Waals surface area contributed by atoms with Crippen LogP contribution in [-0.2, 0) is 6.42 Å². The second-order valence-corrected chi connectivity index (χ2v) is 5.51. The molecular formula is C16H24N2O. The molecule has 0 unspecified atom stereocenters. The van der Waals surface area contributed by atoms with Crippen LogP contribution in [0.15, 0.2) is 18.3 Å². The molecule has 1 aromatic carbocycles. The van der Waals surface area contributed by atoms with Crippen molar-refractivity contribution >= 4 is 10.9 Å². The number of fused-ring (bicyclic) bond motifs is 1. The van der Waals surface area contributed by atoms with Gasteiger partial charge >= 0.3 is 0 Å². The molecule has 2 rings (SSSR count). The third kappa shape index (κ3) is 2.92. The molecule has 1 heterocycles. The minimum Gasteiger partial charge on any atom is -0.496 e. The molecule has 0 aliphatic rings. The number of H-pyrrole nitrogens is 1. The maximum absolute atomic E-state index is 5.42. The Hall–Kier alpha value is -1.48. The number of ether oxygens (including phenoxy) is 1. The van der Waals surface area contributed by atoms with Crippen molar-refractivity contribution in [2.24, 2.45) is 0 Å². The van der Waals surface area contributed by atoms with Gasteiger partial charge < -0.3 is 14.6 Å². The molecule has 0 aliphatic heterocycles. The van der Waals surface area contributed by atoms with E-state index in [2.05, 4.69) is 56.0 Å². The van der Waals surface area contributed by atoms with E-state index in [1.807, 2.05) is 0 Å². The molecule has 0 atom stereocenters. The van der Waals surface area contributed by atoms with Gasteiger partial charge in [-0.2, -0.15) is 0 Å². The third-order valence-corrected chi connectivity index (χ3v) is 3.90. The Balaban J connectivity index is 2.24. The first-order valence-corrected chi connectivity index (χ1v) is 6.87. The number of aryl methyl sites for hydroxylation is 1. The fraction of sp³-hybridized carbons (Fsp3) is 0.500. The highest BCUT2D eigenvalue weighted by atomic mass is 16.5. The fourth-order valence-corrected chi connectivity index (χ4v) is 2.30. The van der Waals surface area contributed by atoms with Crippen LogP contribution in [0.4, 0.5) is 0 Å². The van der Waals surface area contributed by atoms with E-state index >= 15 is 0 Å². The first kappa shape index (κ1) is 13.9. The van der Waals surface area contributed by atoms with Gasteiger partial charge in [-0.05, 0) is 57.5 Å². The zero-order valence-corrected chi connectivity index (χ0v) is 12.6. The maximum Gasteiger partial charge on any atom is 0.122 e. The van der Waals surface area contributed by atoms with Crippen molar-refractivity contribution in [1.82, 2.24) is 9.88 Å². The summed E-state index contributed by atoms with van der Waals surface area (Å²) < 4.78 is 5.42. The summed E-state index contributed by atoms with van der Waals surface area (Å²) in [5.74, 6) is 0.963. The van der Waals surface area contributed by atoms with E-state index in [0.29, 0.717) is 6.04 Å². The molecule has 0 amide bonds. The lowest BCUT2D eigenvalue weighted by molar-refractivity contribution is 0.278. The minimum atomic E-state index is 0.585. The largest absolute Gasteiger partial charge is 0.496 e. The van der Waals surface area contributed by atoms with Gasteiger partial charge in [-0.15, -0.1) is 0 Å². The summed E-state index contributed by atoms with van der Waals surface area (Å²) in [7, 11) is 3.90. The van der Waals surface area contributed by atoms with Gasteiger partial charge in [0.05, 0.1) is 7.11 Å². The van der Waals surface area contributed by atoms with Crippen LogP contribution in [0.2, 0.25) is 0 Å². The predicted molar refractivity (Wildman–Crippen MR) is 81.1 cm³/mol. The molecule has 3 nitrogen and oxygen atoms in total. The quantitative estimate of drug-likeness (QED) is 0.892. The summed E-state index contributed by atoms with van der Waals surface area (Å²) in [6, 6.07) is 4.89. The molecule has 0 fully saturated rings. The zero-order valence-electron chi connectivity index (χ0n) is 12.6. The lowest BCUT2D eigenvalue weighted by atomic mass is 10.1. The highest BCUT2D eigenvalue weighted by molar-refractivity contribution is 5.85. The van der Waals surface area contributed by atoms with Gasteiger partial charge in [-0.3, -0.25) is 0 Å². The molecule has 2 aromatic rings. The fourth-order valence-electron chi connectivity index (χ4n) is 2.30. The molecule has 0 saturated carbocycles. The van der Waals surface area contributed by atoms with Gasteiger partial charge in [-0.25, -0.2) is 0 Å². The topological polar surface area (TPSA) is 28.3 Å². The molecule has 104 valence electrons. The highest BCUT2D eigenvalue weighted by Gasteiger charge is 2.09. The number of hydrogen-bond donors (Lipinski definition) is 1. The molecule has 0 aliphatic carbocycles. The highest BCUT2D eigenvalue weighted by Crippen LogP contribution is 2.27. The summed E-state index contributed by atoms with van der Waals surface area (Å²) in [5, 5.41) is 1.28. The van der Waals surface area contributed by atoms with E-state index in [1.165, 1.54) is 22.0 Å². The van der Waals surface area contributed by atoms with E-state index < -0.39 is 0 Å². The van der Waals surface area contributed by atoms with Gasteiger partial charge in [0.25, 0.3) is 0 Å². The molecular weight excluding hydrogens is 236 g/mol. The van der Waals surface area contributed by atoms with Crippen LogP contribution >= 0.6 is 0 Å². The number of aromatic amines is 1. The van der Waals surface area contributed by atoms with E-state index in [1.54, 1.807) is 7.11 Å². The number of benzene rings is 1. The average molecular weight is 260 g/mol. The standard InChI is InChI=1S/C16H24N2O/c1-11(2)18(4)7-6-13-10-17-15-8-12(3)16(19-5)9-14(13)15/h8-11,17H,6-7H2,1-5H3. The van der Waals surface area contributed by atoms with Crippen LogP contribution in [-0.4, -0.2) is 36.6 Å². The van der Waals surface area contributed by atoms with Crippen LogP contribution < -0.4 is 4.74 Å². The number of hydrogen-bond acceptors (Lipinski definition) is 2. The van der Waals surface area contributed by atoms with Gasteiger partial charge in [0.1, 0.15) is 5.75 Å². The molecule has 0 bridgehead atoms. The Morgan fingerprint density at radius 2 is 2.05 bits per heavy atom. The zero-order chi connectivity index (χ0) is 14.0. The van der Waals surface area contributed by atoms with Crippen molar-refractivity contribution in [3.63, 3.8) is 0 Å². The van der Waals surface area contributed by atoms with Crippen molar-refractivity contribution in [1.29, 1.82) is 0 Å². The van der Waals surface area contributed by atoms with E-state index in [0.717, 1.165) is 18.7 Å². The first-order chi connectivity index (χ1) is 9.02. The lowest BCUT2D eigenvalue weighted by Crippen LogP contribution is -2.28. The second kappa shape index (κ2) is 5.66. The van der Waals surface area contributed by atoms with Crippen molar-refractivity contribution in [2.45, 2.75) is 33.2 Å². The van der Waals surface area contributed by atoms with Gasteiger partial charge in [0.2, 0.25) is 0 Å². The van der Waals surface area contributed by atoms with Gasteiger partial charge in [0.15, 0.2) is 0 Å². The van der Waals surface area contributed by atoms with Crippen molar-refractivity contribution in [3.8, 4) is 5.75 Å². The van der Waals surface area contributed by atoms with Crippen LogP contribution in [0, 0.1) is 6.92 Å². The van der Waals surface area contributed by atoms with Crippen LogP contribution in [0.25, 0.3) is 10.9 Å². The molecule has 0 spiro atoms. The Labute approximate surface area is 115 Å². The normalized spacial score (nSPS) is 11.7. The summed E-state index contributed by atoms with van der Waals surface area (Å²) >= 11 is 0. The number of likely N-dealkylation sites (N-methyl/N-ethyl adjacent to an activating group) is 1. The van der Waals surface area contributed by atoms with E-state index in [-0.39, 0.29) is 0 Å². The summed E-state index contributed by atoms with van der Waals surface area (Å²) in [6.45, 7) is 7.59. The van der Waals surface area contributed by atoms with Crippen molar-refractivity contribution in [2.75, 3.05) is 20.7 Å². The minimum absolute atomic E-state index is 0.585. The summed E-state index contributed by atoms with van der Waals surface area (Å²) in [4.78, 5) is 5.72. The molecule has 0 radical (unpaired) electrons. The molecule has 0 saturated heterocycles. The predicted octanol–water partition coefficient (Wildman–Crippen LogP) is 3.37. The molecule has 19 heavy (non-hydrogen) atoms. The number of methoxy groups -OCH3 is 1. The Morgan fingerprint density at radius 1 is 1.32 bits per heavy atom. The van der Waals surface area contributed by atoms with E-state index in [4.69, 9.17) is 4.74 Å². The van der Waals surface area contributed by atoms with Crippen molar-refractivity contribution in [3.05, 3.63) is 29.5 Å². The maximum atomic E-state index is 5.42. The van der Waals surface area contributed by atoms with Crippen LogP contribution in [0.3, 0.4) is 0 Å². The summed E-state index contributed by atoms with van der Waals surface area (Å²) in [6.07, 6.45) is 3.18. The van der Waals surface area contributed by atoms with Gasteiger partial charge in [0, 0.05) is 29.7 Å². The molecule has 1 N–H and O–H groups in total. The lowest BCUT2D eigenvalue weighted by Gasteiger charge is -2.20. The molecule has 1 aromatic heterocycles. The number of nitrogens with one attached hydrogen (secondary N) is 1. The Bertz CT molecular complexity index is 557. The Kier molecular flexibility index (Phi) is 4.15. The van der Waals surface area contributed by atoms with Gasteiger partial charge in [-0.1, -0.05) is 0 Å². The molecule has 3 heteroatoms. The smallest absolute Gasteiger partial charge is 0.122 e. The average Bonchev–Trinajstić information content (AvgIpc) is 2.76. The first-order valence-electron chi connectivity index (χ1n) is 6.87. The third-order valence-electron chi connectivity index (χ3n) is 3.90. The van der Waals surface area contributed by atoms with Crippen molar-refractivity contribution < 1.29 is 4.74 Å². The van der Waals surface area contributed by atoms with E-state index in [9.17, 15) is 0 Å². The second-order valence-electron chi connectivity index (χ2n) is 5.51. The number of rotatable bonds is 5.